The number of nitrogens with zero attached hydrogens (tertiary/aromatic N) is 1. The highest BCUT2D eigenvalue weighted by molar-refractivity contribution is 6.35. The van der Waals surface area contributed by atoms with Gasteiger partial charge in [0.2, 0.25) is 5.91 Å². The van der Waals surface area contributed by atoms with Crippen molar-refractivity contribution in [3.63, 3.8) is 0 Å². The molecule has 0 radical (unpaired) electrons. The summed E-state index contributed by atoms with van der Waals surface area (Å²) >= 11 is 12.0. The molecule has 8 heteroatoms. The number of hydrogen-bond acceptors (Lipinski definition) is 4. The second-order valence-electron chi connectivity index (χ2n) is 7.06. The van der Waals surface area contributed by atoms with Gasteiger partial charge in [-0.15, -0.1) is 0 Å². The highest BCUT2D eigenvalue weighted by atomic mass is 35.5. The van der Waals surface area contributed by atoms with Crippen molar-refractivity contribution in [1.29, 1.82) is 0 Å². The zero-order valence-electron chi connectivity index (χ0n) is 18.0. The van der Waals surface area contributed by atoms with E-state index >= 15 is 0 Å². The fourth-order valence-electron chi connectivity index (χ4n) is 2.90. The summed E-state index contributed by atoms with van der Waals surface area (Å²) in [5, 5.41) is 3.67. The summed E-state index contributed by atoms with van der Waals surface area (Å²) in [6.07, 6.45) is 1.84. The number of halogens is 2. The van der Waals surface area contributed by atoms with Crippen molar-refractivity contribution in [1.82, 2.24) is 10.2 Å². The smallest absolute Gasteiger partial charge is 0.261 e. The standard InChI is InChI=1S/C23H28Cl2N2O4/c1-4-5-11-26-23(29)16(2)27(14-17-7-6-8-19(12-17)30-3)22(28)15-31-21-10-9-18(24)13-20(21)25/h6-10,12-13,16H,4-5,11,14-15H2,1-3H3,(H,26,29). The molecule has 0 bridgehead atoms. The zero-order valence-corrected chi connectivity index (χ0v) is 19.5. The first-order valence-electron chi connectivity index (χ1n) is 10.1. The molecule has 2 aromatic carbocycles. The van der Waals surface area contributed by atoms with Crippen LogP contribution in [-0.2, 0) is 16.1 Å². The van der Waals surface area contributed by atoms with Crippen LogP contribution in [0.15, 0.2) is 42.5 Å². The number of unbranched alkanes of at least 4 members (excludes halogenated alkanes) is 1. The lowest BCUT2D eigenvalue weighted by Crippen LogP contribution is -2.49. The number of rotatable bonds is 11. The van der Waals surface area contributed by atoms with Gasteiger partial charge in [0.15, 0.2) is 6.61 Å². The quantitative estimate of drug-likeness (QED) is 0.486. The summed E-state index contributed by atoms with van der Waals surface area (Å²) in [5.74, 6) is 0.469. The van der Waals surface area contributed by atoms with Gasteiger partial charge in [-0.1, -0.05) is 48.7 Å². The molecule has 2 aromatic rings. The molecule has 1 atom stereocenters. The average Bonchev–Trinajstić information content (AvgIpc) is 2.76. The molecular weight excluding hydrogens is 439 g/mol. The SMILES string of the molecule is CCCCNC(=O)C(C)N(Cc1cccc(OC)c1)C(=O)COc1ccc(Cl)cc1Cl. The van der Waals surface area contributed by atoms with Crippen molar-refractivity contribution in [2.75, 3.05) is 20.3 Å². The first kappa shape index (κ1) is 24.8. The van der Waals surface area contributed by atoms with E-state index in [4.69, 9.17) is 32.7 Å². The molecule has 168 valence electrons. The van der Waals surface area contributed by atoms with Crippen molar-refractivity contribution in [3.05, 3.63) is 58.1 Å². The summed E-state index contributed by atoms with van der Waals surface area (Å²) in [7, 11) is 1.58. The van der Waals surface area contributed by atoms with E-state index in [1.165, 1.54) is 4.90 Å². The van der Waals surface area contributed by atoms with Gasteiger partial charge < -0.3 is 19.7 Å². The number of nitrogens with one attached hydrogen (secondary N) is 1. The van der Waals surface area contributed by atoms with Crippen LogP contribution in [-0.4, -0.2) is 43.0 Å². The Bertz CT molecular complexity index is 892. The van der Waals surface area contributed by atoms with E-state index in [1.807, 2.05) is 31.2 Å². The van der Waals surface area contributed by atoms with Crippen LogP contribution < -0.4 is 14.8 Å². The Labute approximate surface area is 193 Å². The molecular formula is C23H28Cl2N2O4. The molecule has 0 aliphatic rings. The van der Waals surface area contributed by atoms with Gasteiger partial charge in [0.1, 0.15) is 17.5 Å². The van der Waals surface area contributed by atoms with Crippen LogP contribution in [0.25, 0.3) is 0 Å². The molecule has 2 rings (SSSR count). The first-order valence-corrected chi connectivity index (χ1v) is 10.9. The predicted octanol–water partition coefficient (Wildman–Crippen LogP) is 4.71. The van der Waals surface area contributed by atoms with Crippen molar-refractivity contribution in [2.24, 2.45) is 0 Å². The minimum Gasteiger partial charge on any atom is -0.497 e. The van der Waals surface area contributed by atoms with E-state index in [1.54, 1.807) is 32.2 Å². The van der Waals surface area contributed by atoms with Gasteiger partial charge in [-0.3, -0.25) is 9.59 Å². The van der Waals surface area contributed by atoms with Crippen LogP contribution in [0, 0.1) is 0 Å². The van der Waals surface area contributed by atoms with Gasteiger partial charge in [-0.25, -0.2) is 0 Å². The molecule has 0 fully saturated rings. The third-order valence-corrected chi connectivity index (χ3v) is 5.26. The predicted molar refractivity (Wildman–Crippen MR) is 123 cm³/mol. The highest BCUT2D eigenvalue weighted by Crippen LogP contribution is 2.27. The first-order chi connectivity index (χ1) is 14.8. The van der Waals surface area contributed by atoms with Crippen LogP contribution in [0.4, 0.5) is 0 Å². The maximum Gasteiger partial charge on any atom is 0.261 e. The van der Waals surface area contributed by atoms with Crippen molar-refractivity contribution in [3.8, 4) is 11.5 Å². The van der Waals surface area contributed by atoms with Crippen LogP contribution >= 0.6 is 23.2 Å². The highest BCUT2D eigenvalue weighted by Gasteiger charge is 2.26. The summed E-state index contributed by atoms with van der Waals surface area (Å²) in [4.78, 5) is 27.2. The normalized spacial score (nSPS) is 11.5. The third kappa shape index (κ3) is 7.64. The zero-order chi connectivity index (χ0) is 22.8. The molecule has 0 heterocycles. The number of benzene rings is 2. The Morgan fingerprint density at radius 3 is 2.61 bits per heavy atom. The molecule has 2 amide bonds. The molecule has 1 N–H and O–H groups in total. The fourth-order valence-corrected chi connectivity index (χ4v) is 3.36. The lowest BCUT2D eigenvalue weighted by atomic mass is 10.1. The Kier molecular flexibility index (Phi) is 9.95. The fraction of sp³-hybridized carbons (Fsp3) is 0.391. The van der Waals surface area contributed by atoms with E-state index in [0.29, 0.717) is 28.1 Å². The third-order valence-electron chi connectivity index (χ3n) is 4.73. The largest absolute Gasteiger partial charge is 0.497 e. The van der Waals surface area contributed by atoms with Crippen molar-refractivity contribution >= 4 is 35.0 Å². The number of ether oxygens (including phenoxy) is 2. The van der Waals surface area contributed by atoms with Crippen LogP contribution in [0.1, 0.15) is 32.3 Å². The number of carbonyl (C=O) groups excluding carboxylic acids is 2. The van der Waals surface area contributed by atoms with Gasteiger partial charge in [0.05, 0.1) is 12.1 Å². The Balaban J connectivity index is 2.16. The lowest BCUT2D eigenvalue weighted by Gasteiger charge is -2.29. The van der Waals surface area contributed by atoms with Crippen LogP contribution in [0.5, 0.6) is 11.5 Å². The second-order valence-corrected chi connectivity index (χ2v) is 7.90. The summed E-state index contributed by atoms with van der Waals surface area (Å²) < 4.78 is 10.9. The summed E-state index contributed by atoms with van der Waals surface area (Å²) in [5.41, 5.74) is 0.838. The Morgan fingerprint density at radius 2 is 1.94 bits per heavy atom. The van der Waals surface area contributed by atoms with Gasteiger partial charge in [-0.05, 0) is 49.2 Å². The molecule has 0 saturated heterocycles. The van der Waals surface area contributed by atoms with Crippen molar-refractivity contribution in [2.45, 2.75) is 39.3 Å². The summed E-state index contributed by atoms with van der Waals surface area (Å²) in [6, 6.07) is 11.5. The van der Waals surface area contributed by atoms with Gasteiger partial charge in [0, 0.05) is 18.1 Å². The van der Waals surface area contributed by atoms with Gasteiger partial charge in [-0.2, -0.15) is 0 Å². The number of methoxy groups -OCH3 is 1. The maximum absolute atomic E-state index is 13.1. The average molecular weight is 467 g/mol. The van der Waals surface area contributed by atoms with Gasteiger partial charge in [0.25, 0.3) is 5.91 Å². The van der Waals surface area contributed by atoms with Crippen molar-refractivity contribution < 1.29 is 19.1 Å². The number of carbonyl (C=O) groups is 2. The molecule has 0 aliphatic heterocycles. The molecule has 0 aromatic heterocycles. The number of amides is 2. The molecule has 1 unspecified atom stereocenters. The van der Waals surface area contributed by atoms with Crippen LogP contribution in [0.3, 0.4) is 0 Å². The maximum atomic E-state index is 13.1. The van der Waals surface area contributed by atoms with E-state index < -0.39 is 6.04 Å². The molecule has 6 nitrogen and oxygen atoms in total. The Morgan fingerprint density at radius 1 is 1.16 bits per heavy atom. The topological polar surface area (TPSA) is 67.9 Å². The van der Waals surface area contributed by atoms with E-state index in [9.17, 15) is 9.59 Å². The molecule has 31 heavy (non-hydrogen) atoms. The van der Waals surface area contributed by atoms with E-state index in [-0.39, 0.29) is 25.0 Å². The molecule has 0 aliphatic carbocycles. The minimum absolute atomic E-state index is 0.214. The van der Waals surface area contributed by atoms with Gasteiger partial charge >= 0.3 is 0 Å². The lowest BCUT2D eigenvalue weighted by molar-refractivity contribution is -0.142. The summed E-state index contributed by atoms with van der Waals surface area (Å²) in [6.45, 7) is 4.29. The molecule has 0 spiro atoms. The van der Waals surface area contributed by atoms with E-state index in [2.05, 4.69) is 5.32 Å². The monoisotopic (exact) mass is 466 g/mol. The minimum atomic E-state index is -0.681. The molecule has 0 saturated carbocycles. The number of hydrogen-bond donors (Lipinski definition) is 1. The van der Waals surface area contributed by atoms with E-state index in [0.717, 1.165) is 18.4 Å². The Hall–Kier alpha value is -2.44. The second kappa shape index (κ2) is 12.4. The van der Waals surface area contributed by atoms with Crippen LogP contribution in [0.2, 0.25) is 10.0 Å².